The summed E-state index contributed by atoms with van der Waals surface area (Å²) in [5.41, 5.74) is 3.15. The Morgan fingerprint density at radius 3 is 2.41 bits per heavy atom. The molecule has 142 valence electrons. The molecule has 0 saturated heterocycles. The molecule has 0 spiro atoms. The monoisotopic (exact) mass is 382 g/mol. The molecule has 1 N–H and O–H groups in total. The third kappa shape index (κ3) is 3.21. The lowest BCUT2D eigenvalue weighted by Crippen LogP contribution is -2.21. The van der Waals surface area contributed by atoms with E-state index in [2.05, 4.69) is 29.4 Å². The lowest BCUT2D eigenvalue weighted by atomic mass is 10.0. The average molecular weight is 382 g/mol. The molecule has 1 heterocycles. The number of rotatable bonds is 4. The van der Waals surface area contributed by atoms with E-state index in [1.165, 1.54) is 17.1 Å². The smallest absolute Gasteiger partial charge is 0.335 e. The first-order chi connectivity index (χ1) is 14.1. The Morgan fingerprint density at radius 2 is 1.72 bits per heavy atom. The molecular weight excluding hydrogens is 364 g/mol. The maximum atomic E-state index is 13.2. The largest absolute Gasteiger partial charge is 0.478 e. The predicted molar refractivity (Wildman–Crippen MR) is 113 cm³/mol. The first kappa shape index (κ1) is 17.4. The summed E-state index contributed by atoms with van der Waals surface area (Å²) in [4.78, 5) is 24.2. The molecule has 5 nitrogen and oxygen atoms in total. The Kier molecular flexibility index (Phi) is 4.02. The van der Waals surface area contributed by atoms with E-state index >= 15 is 0 Å². The van der Waals surface area contributed by atoms with Crippen molar-refractivity contribution in [2.24, 2.45) is 11.0 Å². The molecule has 0 bridgehead atoms. The van der Waals surface area contributed by atoms with Gasteiger partial charge in [0.05, 0.1) is 22.5 Å². The molecule has 0 unspecified atom stereocenters. The van der Waals surface area contributed by atoms with E-state index < -0.39 is 5.97 Å². The number of carboxylic acid groups (broad SMARTS) is 1. The molecule has 1 fully saturated rings. The minimum absolute atomic E-state index is 0.178. The van der Waals surface area contributed by atoms with Crippen molar-refractivity contribution in [3.05, 3.63) is 83.4 Å². The van der Waals surface area contributed by atoms with Crippen molar-refractivity contribution >= 4 is 40.1 Å². The van der Waals surface area contributed by atoms with E-state index in [0.717, 1.165) is 34.9 Å². The summed E-state index contributed by atoms with van der Waals surface area (Å²) in [5.74, 6) is -0.861. The molecule has 5 heteroatoms. The fraction of sp³-hybridized carbons (Fsp3) is 0.125. The van der Waals surface area contributed by atoms with Gasteiger partial charge in [-0.1, -0.05) is 36.4 Å². The summed E-state index contributed by atoms with van der Waals surface area (Å²) in [5, 5.41) is 17.3. The summed E-state index contributed by atoms with van der Waals surface area (Å²) in [7, 11) is 0. The van der Waals surface area contributed by atoms with Crippen LogP contribution in [0, 0.1) is 5.92 Å². The van der Waals surface area contributed by atoms with Crippen LogP contribution in [0.25, 0.3) is 16.8 Å². The zero-order valence-electron chi connectivity index (χ0n) is 15.6. The number of anilines is 1. The van der Waals surface area contributed by atoms with Gasteiger partial charge < -0.3 is 5.11 Å². The van der Waals surface area contributed by atoms with Crippen LogP contribution < -0.4 is 5.01 Å². The van der Waals surface area contributed by atoms with Crippen molar-refractivity contribution < 1.29 is 14.7 Å². The Morgan fingerprint density at radius 1 is 1.00 bits per heavy atom. The Hall–Kier alpha value is -3.73. The second kappa shape index (κ2) is 6.71. The maximum Gasteiger partial charge on any atom is 0.335 e. The summed E-state index contributed by atoms with van der Waals surface area (Å²) in [6, 6.07) is 20.5. The highest BCUT2D eigenvalue weighted by atomic mass is 16.4. The molecule has 0 aromatic heterocycles. The number of fused-ring (bicyclic) bond motifs is 1. The minimum Gasteiger partial charge on any atom is -0.478 e. The standard InChI is InChI=1S/C24H18N2O3/c27-23-21(14-15-5-6-16-3-1-2-4-19(16)13-15)22(17-7-8-17)25-26(23)20-11-9-18(10-12-20)24(28)29/h1-6,9-14,17H,7-8H2,(H,28,29)/b21-14-. The molecule has 1 aliphatic carbocycles. The number of carbonyl (C=O) groups is 2. The van der Waals surface area contributed by atoms with E-state index in [-0.39, 0.29) is 11.5 Å². The maximum absolute atomic E-state index is 13.2. The molecule has 3 aromatic rings. The molecule has 0 radical (unpaired) electrons. The van der Waals surface area contributed by atoms with E-state index in [9.17, 15) is 9.59 Å². The third-order valence-corrected chi connectivity index (χ3v) is 5.31. The lowest BCUT2D eigenvalue weighted by molar-refractivity contribution is -0.114. The third-order valence-electron chi connectivity index (χ3n) is 5.31. The van der Waals surface area contributed by atoms with Gasteiger partial charge in [-0.2, -0.15) is 10.1 Å². The minimum atomic E-state index is -0.997. The number of carboxylic acids is 1. The Bertz CT molecular complexity index is 1200. The van der Waals surface area contributed by atoms with Gasteiger partial charge in [-0.15, -0.1) is 0 Å². The number of aromatic carboxylic acids is 1. The highest BCUT2D eigenvalue weighted by Gasteiger charge is 2.39. The van der Waals surface area contributed by atoms with Crippen LogP contribution in [0.5, 0.6) is 0 Å². The number of hydrogen-bond acceptors (Lipinski definition) is 3. The zero-order valence-corrected chi connectivity index (χ0v) is 15.6. The van der Waals surface area contributed by atoms with Crippen molar-refractivity contribution in [3.63, 3.8) is 0 Å². The lowest BCUT2D eigenvalue weighted by Gasteiger charge is -2.11. The Balaban J connectivity index is 1.52. The van der Waals surface area contributed by atoms with Crippen molar-refractivity contribution in [3.8, 4) is 0 Å². The molecule has 1 aliphatic heterocycles. The highest BCUT2D eigenvalue weighted by Crippen LogP contribution is 2.38. The summed E-state index contributed by atoms with van der Waals surface area (Å²) in [6.45, 7) is 0. The number of carbonyl (C=O) groups excluding carboxylic acids is 1. The van der Waals surface area contributed by atoms with Gasteiger partial charge in [0.15, 0.2) is 0 Å². The van der Waals surface area contributed by atoms with Gasteiger partial charge in [0.1, 0.15) is 0 Å². The summed E-state index contributed by atoms with van der Waals surface area (Å²) in [6.07, 6.45) is 3.98. The summed E-state index contributed by atoms with van der Waals surface area (Å²) < 4.78 is 0. The van der Waals surface area contributed by atoms with E-state index in [1.807, 2.05) is 24.3 Å². The number of hydrazone groups is 1. The van der Waals surface area contributed by atoms with Gasteiger partial charge in [-0.3, -0.25) is 4.79 Å². The van der Waals surface area contributed by atoms with Crippen LogP contribution in [-0.4, -0.2) is 22.7 Å². The number of nitrogens with zero attached hydrogens (tertiary/aromatic N) is 2. The quantitative estimate of drug-likeness (QED) is 0.663. The number of amides is 1. The zero-order chi connectivity index (χ0) is 20.0. The number of hydrogen-bond donors (Lipinski definition) is 1. The molecule has 29 heavy (non-hydrogen) atoms. The van der Waals surface area contributed by atoms with Crippen LogP contribution in [0.2, 0.25) is 0 Å². The van der Waals surface area contributed by atoms with Crippen LogP contribution in [0.15, 0.2) is 77.4 Å². The molecule has 1 saturated carbocycles. The second-order valence-electron chi connectivity index (χ2n) is 7.39. The van der Waals surface area contributed by atoms with Gasteiger partial charge in [0.2, 0.25) is 0 Å². The van der Waals surface area contributed by atoms with Gasteiger partial charge in [-0.05, 0) is 65.6 Å². The number of benzene rings is 3. The first-order valence-corrected chi connectivity index (χ1v) is 9.57. The average Bonchev–Trinajstić information content (AvgIpc) is 3.53. The van der Waals surface area contributed by atoms with E-state index in [0.29, 0.717) is 17.2 Å². The van der Waals surface area contributed by atoms with Crippen LogP contribution in [0.4, 0.5) is 5.69 Å². The van der Waals surface area contributed by atoms with Crippen molar-refractivity contribution in [1.82, 2.24) is 0 Å². The molecule has 0 atom stereocenters. The van der Waals surface area contributed by atoms with Gasteiger partial charge in [-0.25, -0.2) is 4.79 Å². The van der Waals surface area contributed by atoms with Gasteiger partial charge in [0, 0.05) is 5.92 Å². The second-order valence-corrected chi connectivity index (χ2v) is 7.39. The first-order valence-electron chi connectivity index (χ1n) is 9.57. The molecule has 5 rings (SSSR count). The molecule has 1 amide bonds. The van der Waals surface area contributed by atoms with Crippen LogP contribution in [-0.2, 0) is 4.79 Å². The molecule has 2 aliphatic rings. The SMILES string of the molecule is O=C(O)c1ccc(N2N=C(C3CC3)/C(=C/c3ccc4ccccc4c3)C2=O)cc1. The summed E-state index contributed by atoms with van der Waals surface area (Å²) >= 11 is 0. The van der Waals surface area contributed by atoms with Crippen molar-refractivity contribution in [2.45, 2.75) is 12.8 Å². The van der Waals surface area contributed by atoms with Crippen LogP contribution in [0.3, 0.4) is 0 Å². The predicted octanol–water partition coefficient (Wildman–Crippen LogP) is 4.73. The Labute approximate surface area is 167 Å². The molecule has 3 aromatic carbocycles. The van der Waals surface area contributed by atoms with Gasteiger partial charge in [0.25, 0.3) is 5.91 Å². The highest BCUT2D eigenvalue weighted by molar-refractivity contribution is 6.33. The van der Waals surface area contributed by atoms with Crippen LogP contribution >= 0.6 is 0 Å². The van der Waals surface area contributed by atoms with Crippen molar-refractivity contribution in [2.75, 3.05) is 5.01 Å². The normalized spacial score (nSPS) is 17.8. The topological polar surface area (TPSA) is 70.0 Å². The van der Waals surface area contributed by atoms with Gasteiger partial charge >= 0.3 is 5.97 Å². The molecular formula is C24H18N2O3. The fourth-order valence-electron chi connectivity index (χ4n) is 3.61. The van der Waals surface area contributed by atoms with Crippen molar-refractivity contribution in [1.29, 1.82) is 0 Å². The van der Waals surface area contributed by atoms with E-state index in [4.69, 9.17) is 5.11 Å². The van der Waals surface area contributed by atoms with Crippen LogP contribution in [0.1, 0.15) is 28.8 Å². The van der Waals surface area contributed by atoms with E-state index in [1.54, 1.807) is 12.1 Å². The fourth-order valence-corrected chi connectivity index (χ4v) is 3.61.